The van der Waals surface area contributed by atoms with Crippen molar-refractivity contribution in [1.82, 2.24) is 15.3 Å². The molecule has 2 heterocycles. The van der Waals surface area contributed by atoms with E-state index in [1.165, 1.54) is 11.3 Å². The van der Waals surface area contributed by atoms with Gasteiger partial charge < -0.3 is 10.3 Å². The maximum atomic E-state index is 11.8. The Morgan fingerprint density at radius 1 is 1.24 bits per heavy atom. The van der Waals surface area contributed by atoms with E-state index in [9.17, 15) is 9.59 Å². The third-order valence-corrected chi connectivity index (χ3v) is 3.52. The summed E-state index contributed by atoms with van der Waals surface area (Å²) < 4.78 is 0. The van der Waals surface area contributed by atoms with E-state index in [4.69, 9.17) is 0 Å². The summed E-state index contributed by atoms with van der Waals surface area (Å²) in [7, 11) is 0. The highest BCUT2D eigenvalue weighted by molar-refractivity contribution is 7.08. The number of thiophene rings is 1. The van der Waals surface area contributed by atoms with Crippen LogP contribution in [-0.4, -0.2) is 28.3 Å². The van der Waals surface area contributed by atoms with Gasteiger partial charge in [0.05, 0.1) is 17.6 Å². The molecule has 0 radical (unpaired) electrons. The van der Waals surface area contributed by atoms with Gasteiger partial charge in [0.25, 0.3) is 5.91 Å². The lowest BCUT2D eigenvalue weighted by Gasteiger charge is -2.03. The second kappa shape index (κ2) is 5.76. The topological polar surface area (TPSA) is 86.9 Å². The second-order valence-electron chi connectivity index (χ2n) is 4.35. The number of fused-ring (bicyclic) bond motifs is 1. The normalized spacial score (nSPS) is 10.5. The van der Waals surface area contributed by atoms with Gasteiger partial charge in [0.2, 0.25) is 11.9 Å². The number of H-pyrrole nitrogens is 1. The maximum Gasteiger partial charge on any atom is 0.252 e. The first-order valence-electron chi connectivity index (χ1n) is 6.27. The van der Waals surface area contributed by atoms with E-state index in [1.807, 2.05) is 29.6 Å². The van der Waals surface area contributed by atoms with E-state index in [0.717, 1.165) is 11.0 Å². The van der Waals surface area contributed by atoms with Crippen LogP contribution in [0.4, 0.5) is 5.95 Å². The number of rotatable bonds is 4. The predicted molar refractivity (Wildman–Crippen MR) is 81.4 cm³/mol. The highest BCUT2D eigenvalue weighted by Gasteiger charge is 2.10. The fourth-order valence-corrected chi connectivity index (χ4v) is 2.48. The Bertz CT molecular complexity index is 746. The van der Waals surface area contributed by atoms with Crippen molar-refractivity contribution in [3.05, 3.63) is 46.7 Å². The number of hydrogen-bond acceptors (Lipinski definition) is 4. The summed E-state index contributed by atoms with van der Waals surface area (Å²) in [5.41, 5.74) is 2.17. The molecule has 3 aromatic rings. The summed E-state index contributed by atoms with van der Waals surface area (Å²) >= 11 is 1.43. The lowest BCUT2D eigenvalue weighted by Crippen LogP contribution is -2.32. The number of carbonyl (C=O) groups excluding carboxylic acids is 2. The van der Waals surface area contributed by atoms with Gasteiger partial charge in [0, 0.05) is 10.9 Å². The molecule has 0 aliphatic heterocycles. The standard InChI is InChI=1S/C14H12N4O2S/c19-12(7-15-13(20)9-5-6-21-8-9)18-14-16-10-3-1-2-4-11(10)17-14/h1-6,8H,7H2,(H,15,20)(H2,16,17,18,19). The van der Waals surface area contributed by atoms with E-state index in [0.29, 0.717) is 11.5 Å². The number of hydrogen-bond donors (Lipinski definition) is 3. The molecule has 0 aliphatic rings. The molecule has 0 saturated carbocycles. The average molecular weight is 300 g/mol. The Balaban J connectivity index is 1.57. The van der Waals surface area contributed by atoms with Crippen LogP contribution < -0.4 is 10.6 Å². The molecule has 0 atom stereocenters. The number of nitrogens with zero attached hydrogens (tertiary/aromatic N) is 1. The molecule has 3 rings (SSSR count). The van der Waals surface area contributed by atoms with Crippen LogP contribution in [0, 0.1) is 0 Å². The lowest BCUT2D eigenvalue weighted by molar-refractivity contribution is -0.115. The van der Waals surface area contributed by atoms with E-state index in [-0.39, 0.29) is 18.4 Å². The van der Waals surface area contributed by atoms with Gasteiger partial charge in [-0.15, -0.1) is 0 Å². The minimum absolute atomic E-state index is 0.105. The first kappa shape index (κ1) is 13.3. The number of imidazole rings is 1. The van der Waals surface area contributed by atoms with E-state index in [2.05, 4.69) is 20.6 Å². The average Bonchev–Trinajstić information content (AvgIpc) is 3.13. The Kier molecular flexibility index (Phi) is 3.65. The number of aromatic amines is 1. The van der Waals surface area contributed by atoms with Crippen LogP contribution in [0.15, 0.2) is 41.1 Å². The molecule has 0 fully saturated rings. The van der Waals surface area contributed by atoms with Gasteiger partial charge in [-0.25, -0.2) is 4.98 Å². The van der Waals surface area contributed by atoms with Gasteiger partial charge in [-0.1, -0.05) is 12.1 Å². The van der Waals surface area contributed by atoms with Crippen molar-refractivity contribution in [2.24, 2.45) is 0 Å². The number of amides is 2. The maximum absolute atomic E-state index is 11.8. The SMILES string of the molecule is O=C(CNC(=O)c1ccsc1)Nc1nc2ccccc2[nH]1. The van der Waals surface area contributed by atoms with Gasteiger partial charge in [0.1, 0.15) is 0 Å². The molecule has 1 aromatic carbocycles. The zero-order valence-electron chi connectivity index (χ0n) is 10.9. The third kappa shape index (κ3) is 3.09. The highest BCUT2D eigenvalue weighted by Crippen LogP contribution is 2.12. The Morgan fingerprint density at radius 2 is 2.10 bits per heavy atom. The van der Waals surface area contributed by atoms with Crippen LogP contribution in [0.5, 0.6) is 0 Å². The molecule has 21 heavy (non-hydrogen) atoms. The predicted octanol–water partition coefficient (Wildman–Crippen LogP) is 1.99. The zero-order chi connectivity index (χ0) is 14.7. The fourth-order valence-electron chi connectivity index (χ4n) is 1.84. The van der Waals surface area contributed by atoms with Crippen molar-refractivity contribution in [2.45, 2.75) is 0 Å². The molecule has 7 heteroatoms. The summed E-state index contributed by atoms with van der Waals surface area (Å²) in [6.07, 6.45) is 0. The van der Waals surface area contributed by atoms with E-state index >= 15 is 0 Å². The fraction of sp³-hybridized carbons (Fsp3) is 0.0714. The summed E-state index contributed by atoms with van der Waals surface area (Å²) in [6, 6.07) is 9.18. The first-order valence-corrected chi connectivity index (χ1v) is 7.21. The van der Waals surface area contributed by atoms with Crippen molar-refractivity contribution in [1.29, 1.82) is 0 Å². The third-order valence-electron chi connectivity index (χ3n) is 2.84. The van der Waals surface area contributed by atoms with Crippen LogP contribution in [0.25, 0.3) is 11.0 Å². The number of aromatic nitrogens is 2. The number of para-hydroxylation sites is 2. The number of nitrogens with one attached hydrogen (secondary N) is 3. The van der Waals surface area contributed by atoms with Crippen molar-refractivity contribution in [2.75, 3.05) is 11.9 Å². The van der Waals surface area contributed by atoms with Gasteiger partial charge in [-0.3, -0.25) is 14.9 Å². The largest absolute Gasteiger partial charge is 0.343 e. The molecule has 106 valence electrons. The number of benzene rings is 1. The van der Waals surface area contributed by atoms with Gasteiger partial charge >= 0.3 is 0 Å². The van der Waals surface area contributed by atoms with Crippen molar-refractivity contribution < 1.29 is 9.59 Å². The van der Waals surface area contributed by atoms with Crippen LogP contribution in [0.1, 0.15) is 10.4 Å². The second-order valence-corrected chi connectivity index (χ2v) is 5.13. The van der Waals surface area contributed by atoms with Crippen LogP contribution >= 0.6 is 11.3 Å². The number of carbonyl (C=O) groups is 2. The number of anilines is 1. The van der Waals surface area contributed by atoms with Crippen molar-refractivity contribution in [3.63, 3.8) is 0 Å². The molecule has 0 aliphatic carbocycles. The minimum atomic E-state index is -0.336. The zero-order valence-corrected chi connectivity index (χ0v) is 11.7. The molecule has 0 saturated heterocycles. The molecular formula is C14H12N4O2S. The van der Waals surface area contributed by atoms with Gasteiger partial charge in [-0.2, -0.15) is 11.3 Å². The van der Waals surface area contributed by atoms with Crippen LogP contribution in [-0.2, 0) is 4.79 Å². The smallest absolute Gasteiger partial charge is 0.252 e. The van der Waals surface area contributed by atoms with Crippen LogP contribution in [0.3, 0.4) is 0 Å². The molecular weight excluding hydrogens is 288 g/mol. The summed E-state index contributed by atoms with van der Waals surface area (Å²) in [4.78, 5) is 30.7. The molecule has 2 amide bonds. The summed E-state index contributed by atoms with van der Waals surface area (Å²) in [5.74, 6) is -0.236. The lowest BCUT2D eigenvalue weighted by atomic mass is 10.3. The Hall–Kier alpha value is -2.67. The van der Waals surface area contributed by atoms with E-state index < -0.39 is 0 Å². The summed E-state index contributed by atoms with van der Waals surface area (Å²) in [5, 5.41) is 8.70. The molecule has 0 bridgehead atoms. The van der Waals surface area contributed by atoms with Crippen molar-refractivity contribution >= 4 is 40.1 Å². The summed E-state index contributed by atoms with van der Waals surface area (Å²) in [6.45, 7) is -0.105. The minimum Gasteiger partial charge on any atom is -0.343 e. The van der Waals surface area contributed by atoms with Crippen LogP contribution in [0.2, 0.25) is 0 Å². The molecule has 0 spiro atoms. The molecule has 0 unspecified atom stereocenters. The molecule has 6 nitrogen and oxygen atoms in total. The quantitative estimate of drug-likeness (QED) is 0.688. The highest BCUT2D eigenvalue weighted by atomic mass is 32.1. The van der Waals surface area contributed by atoms with Gasteiger partial charge in [0.15, 0.2) is 0 Å². The Morgan fingerprint density at radius 3 is 2.86 bits per heavy atom. The first-order chi connectivity index (χ1) is 10.2. The Labute approximate surface area is 124 Å². The molecule has 2 aromatic heterocycles. The monoisotopic (exact) mass is 300 g/mol. The van der Waals surface area contributed by atoms with Gasteiger partial charge in [-0.05, 0) is 23.6 Å². The van der Waals surface area contributed by atoms with E-state index in [1.54, 1.807) is 11.4 Å². The molecule has 3 N–H and O–H groups in total. The van der Waals surface area contributed by atoms with Crippen molar-refractivity contribution in [3.8, 4) is 0 Å².